The van der Waals surface area contributed by atoms with Crippen molar-refractivity contribution in [2.45, 2.75) is 23.8 Å². The number of carboxylic acid groups (broad SMARTS) is 1. The Hall–Kier alpha value is -1.52. The summed E-state index contributed by atoms with van der Waals surface area (Å²) in [5.41, 5.74) is 0.165. The van der Waals surface area contributed by atoms with Crippen LogP contribution >= 0.6 is 11.8 Å². The molecule has 2 aliphatic rings. The summed E-state index contributed by atoms with van der Waals surface area (Å²) in [5, 5.41) is 11.5. The molecule has 8 nitrogen and oxygen atoms in total. The van der Waals surface area contributed by atoms with Gasteiger partial charge in [0.2, 0.25) is 10.0 Å². The van der Waals surface area contributed by atoms with Crippen molar-refractivity contribution in [2.24, 2.45) is 5.92 Å². The first kappa shape index (κ1) is 17.3. The van der Waals surface area contributed by atoms with Gasteiger partial charge in [0.15, 0.2) is 0 Å². The molecule has 0 unspecified atom stereocenters. The maximum Gasteiger partial charge on any atom is 0.306 e. The van der Waals surface area contributed by atoms with Crippen molar-refractivity contribution in [3.8, 4) is 0 Å². The van der Waals surface area contributed by atoms with E-state index in [0.29, 0.717) is 25.9 Å². The van der Waals surface area contributed by atoms with Gasteiger partial charge in [-0.3, -0.25) is 9.59 Å². The molecule has 0 bridgehead atoms. The number of hydrogen-bond donors (Lipinski definition) is 3. The maximum atomic E-state index is 12.5. The van der Waals surface area contributed by atoms with Crippen molar-refractivity contribution in [2.75, 3.05) is 24.6 Å². The number of carbonyl (C=O) groups is 2. The van der Waals surface area contributed by atoms with Crippen LogP contribution in [0.25, 0.3) is 0 Å². The molecule has 0 atom stereocenters. The summed E-state index contributed by atoms with van der Waals surface area (Å²) >= 11 is 1.72. The van der Waals surface area contributed by atoms with Crippen LogP contribution in [0.2, 0.25) is 0 Å². The van der Waals surface area contributed by atoms with Gasteiger partial charge in [-0.15, -0.1) is 0 Å². The number of aromatic amines is 1. The highest BCUT2D eigenvalue weighted by Gasteiger charge is 2.36. The van der Waals surface area contributed by atoms with Crippen LogP contribution in [-0.4, -0.2) is 65.3 Å². The van der Waals surface area contributed by atoms with E-state index in [4.69, 9.17) is 5.11 Å². The average molecular weight is 373 g/mol. The molecule has 2 heterocycles. The lowest BCUT2D eigenvalue weighted by atomic mass is 9.80. The van der Waals surface area contributed by atoms with Crippen LogP contribution in [0.3, 0.4) is 0 Å². The number of thioether (sulfide) groups is 1. The zero-order valence-electron chi connectivity index (χ0n) is 12.9. The van der Waals surface area contributed by atoms with Crippen molar-refractivity contribution >= 4 is 33.7 Å². The van der Waals surface area contributed by atoms with Crippen LogP contribution in [0.4, 0.5) is 0 Å². The lowest BCUT2D eigenvalue weighted by molar-refractivity contribution is -0.145. The third-order valence-corrected chi connectivity index (χ3v) is 7.15. The van der Waals surface area contributed by atoms with Crippen molar-refractivity contribution in [3.63, 3.8) is 0 Å². The number of H-pyrrole nitrogens is 1. The van der Waals surface area contributed by atoms with Gasteiger partial charge in [0, 0.05) is 36.8 Å². The molecule has 2 fully saturated rings. The normalized spacial score (nSPS) is 25.0. The second-order valence-electron chi connectivity index (χ2n) is 5.94. The predicted octanol–water partition coefficient (Wildman–Crippen LogP) is 0.345. The number of nitrogens with one attached hydrogen (secondary N) is 2. The van der Waals surface area contributed by atoms with E-state index in [2.05, 4.69) is 10.3 Å². The number of carbonyl (C=O) groups excluding carboxylic acids is 1. The summed E-state index contributed by atoms with van der Waals surface area (Å²) in [6.45, 7) is 0.941. The lowest BCUT2D eigenvalue weighted by Gasteiger charge is -2.32. The first-order chi connectivity index (χ1) is 11.4. The Labute approximate surface area is 144 Å². The summed E-state index contributed by atoms with van der Waals surface area (Å²) in [4.78, 5) is 25.7. The number of amides is 1. The summed E-state index contributed by atoms with van der Waals surface area (Å²) in [5.74, 6) is -0.146. The van der Waals surface area contributed by atoms with Gasteiger partial charge in [0.05, 0.1) is 5.92 Å². The summed E-state index contributed by atoms with van der Waals surface area (Å²) in [6, 6.07) is 1.15. The van der Waals surface area contributed by atoms with Crippen molar-refractivity contribution in [1.82, 2.24) is 14.6 Å². The van der Waals surface area contributed by atoms with Gasteiger partial charge in [-0.25, -0.2) is 8.42 Å². The fourth-order valence-electron chi connectivity index (χ4n) is 2.79. The number of carboxylic acids is 1. The molecule has 1 saturated carbocycles. The van der Waals surface area contributed by atoms with Crippen LogP contribution in [-0.2, 0) is 14.8 Å². The van der Waals surface area contributed by atoms with E-state index in [9.17, 15) is 18.0 Å². The Morgan fingerprint density at radius 1 is 1.29 bits per heavy atom. The van der Waals surface area contributed by atoms with E-state index in [1.807, 2.05) is 0 Å². The molecule has 1 amide bonds. The van der Waals surface area contributed by atoms with Crippen molar-refractivity contribution in [1.29, 1.82) is 0 Å². The van der Waals surface area contributed by atoms with Crippen molar-refractivity contribution < 1.29 is 23.1 Å². The van der Waals surface area contributed by atoms with Crippen LogP contribution < -0.4 is 5.32 Å². The minimum absolute atomic E-state index is 0.0802. The smallest absolute Gasteiger partial charge is 0.306 e. The molecule has 1 aliphatic carbocycles. The fraction of sp³-hybridized carbons (Fsp3) is 0.571. The molecule has 10 heteroatoms. The topological polar surface area (TPSA) is 120 Å². The first-order valence-electron chi connectivity index (χ1n) is 7.68. The van der Waals surface area contributed by atoms with Crippen LogP contribution in [0.15, 0.2) is 17.2 Å². The molecule has 0 radical (unpaired) electrons. The first-order valence-corrected chi connectivity index (χ1v) is 10.3. The fourth-order valence-corrected chi connectivity index (χ4v) is 5.36. The Morgan fingerprint density at radius 2 is 1.96 bits per heavy atom. The molecule has 3 N–H and O–H groups in total. The lowest BCUT2D eigenvalue weighted by Crippen LogP contribution is -2.46. The molecule has 24 heavy (non-hydrogen) atoms. The van der Waals surface area contributed by atoms with E-state index in [1.165, 1.54) is 16.6 Å². The van der Waals surface area contributed by atoms with Crippen LogP contribution in [0.1, 0.15) is 23.3 Å². The number of nitrogens with zero attached hydrogens (tertiary/aromatic N) is 1. The van der Waals surface area contributed by atoms with E-state index in [-0.39, 0.29) is 16.6 Å². The van der Waals surface area contributed by atoms with Gasteiger partial charge in [0.25, 0.3) is 5.91 Å². The van der Waals surface area contributed by atoms with E-state index in [0.717, 1.165) is 11.5 Å². The standard InChI is InChI=1S/C14H19N3O5S2/c18-13(16-10-5-9(6-10)14(19)20)12-7-11(8-15-12)24(21,22)17-1-3-23-4-2-17/h7-10,15H,1-6H2,(H,16,18)(H,19,20). The van der Waals surface area contributed by atoms with Gasteiger partial charge in [-0.1, -0.05) is 0 Å². The highest BCUT2D eigenvalue weighted by Crippen LogP contribution is 2.28. The minimum atomic E-state index is -3.58. The number of hydrogen-bond acceptors (Lipinski definition) is 5. The Morgan fingerprint density at radius 3 is 2.58 bits per heavy atom. The average Bonchev–Trinajstić information content (AvgIpc) is 3.01. The van der Waals surface area contributed by atoms with Crippen LogP contribution in [0, 0.1) is 5.92 Å². The molecule has 132 valence electrons. The largest absolute Gasteiger partial charge is 0.481 e. The quantitative estimate of drug-likeness (QED) is 0.685. The number of rotatable bonds is 5. The van der Waals surface area contributed by atoms with E-state index in [1.54, 1.807) is 11.8 Å². The molecule has 0 spiro atoms. The van der Waals surface area contributed by atoms with Gasteiger partial charge in [0.1, 0.15) is 10.6 Å². The molecule has 1 saturated heterocycles. The Kier molecular flexibility index (Phi) is 4.88. The Bertz CT molecular complexity index is 733. The summed E-state index contributed by atoms with van der Waals surface area (Å²) in [6.07, 6.45) is 2.13. The SMILES string of the molecule is O=C(NC1CC(C(=O)O)C1)c1cc(S(=O)(=O)N2CCSCC2)c[nH]1. The third kappa shape index (κ3) is 3.45. The highest BCUT2D eigenvalue weighted by molar-refractivity contribution is 7.99. The predicted molar refractivity (Wildman–Crippen MR) is 88.5 cm³/mol. The molecular formula is C14H19N3O5S2. The molecule has 1 aliphatic heterocycles. The van der Waals surface area contributed by atoms with Gasteiger partial charge in [-0.05, 0) is 18.9 Å². The Balaban J connectivity index is 1.62. The summed E-state index contributed by atoms with van der Waals surface area (Å²) < 4.78 is 26.5. The number of aliphatic carboxylic acids is 1. The number of sulfonamides is 1. The van der Waals surface area contributed by atoms with Crippen LogP contribution in [0.5, 0.6) is 0 Å². The monoisotopic (exact) mass is 373 g/mol. The highest BCUT2D eigenvalue weighted by atomic mass is 32.2. The molecule has 1 aromatic rings. The molecular weight excluding hydrogens is 354 g/mol. The van der Waals surface area contributed by atoms with Gasteiger partial charge >= 0.3 is 5.97 Å². The molecule has 0 aromatic carbocycles. The third-order valence-electron chi connectivity index (χ3n) is 4.33. The second kappa shape index (κ2) is 6.77. The number of aromatic nitrogens is 1. The van der Waals surface area contributed by atoms with Gasteiger partial charge in [-0.2, -0.15) is 16.1 Å². The second-order valence-corrected chi connectivity index (χ2v) is 9.11. The molecule has 3 rings (SSSR count). The van der Waals surface area contributed by atoms with Gasteiger partial charge < -0.3 is 15.4 Å². The maximum absolute atomic E-state index is 12.5. The van der Waals surface area contributed by atoms with E-state index < -0.39 is 27.8 Å². The molecule has 1 aromatic heterocycles. The van der Waals surface area contributed by atoms with E-state index >= 15 is 0 Å². The zero-order valence-corrected chi connectivity index (χ0v) is 14.5. The summed E-state index contributed by atoms with van der Waals surface area (Å²) in [7, 11) is -3.58. The minimum Gasteiger partial charge on any atom is -0.481 e. The van der Waals surface area contributed by atoms with Crippen molar-refractivity contribution in [3.05, 3.63) is 18.0 Å². The zero-order chi connectivity index (χ0) is 17.3.